The number of carbonyl (C=O) groups is 1. The first kappa shape index (κ1) is 14.8. The lowest BCUT2D eigenvalue weighted by Crippen LogP contribution is -2.28. The van der Waals surface area contributed by atoms with Crippen LogP contribution in [0.5, 0.6) is 0 Å². The van der Waals surface area contributed by atoms with Crippen LogP contribution in [0.2, 0.25) is 0 Å². The third kappa shape index (κ3) is 3.95. The van der Waals surface area contributed by atoms with Crippen molar-refractivity contribution in [3.05, 3.63) is 57.8 Å². The van der Waals surface area contributed by atoms with E-state index in [1.54, 1.807) is 11.3 Å². The summed E-state index contributed by atoms with van der Waals surface area (Å²) in [6, 6.07) is 7.06. The van der Waals surface area contributed by atoms with Gasteiger partial charge in [0.1, 0.15) is 11.6 Å². The number of benzene rings is 1. The molecule has 0 bridgehead atoms. The highest BCUT2D eigenvalue weighted by Crippen LogP contribution is 2.12. The summed E-state index contributed by atoms with van der Waals surface area (Å²) in [4.78, 5) is 15.0. The Balaban J connectivity index is 1.90. The predicted octanol–water partition coefficient (Wildman–Crippen LogP) is 3.38. The first-order valence-electron chi connectivity index (χ1n) is 6.25. The van der Waals surface area contributed by atoms with E-state index < -0.39 is 11.6 Å². The molecule has 0 amide bonds. The van der Waals surface area contributed by atoms with E-state index in [0.717, 1.165) is 25.1 Å². The quantitative estimate of drug-likeness (QED) is 0.761. The number of ketones is 1. The second-order valence-corrected chi connectivity index (χ2v) is 5.65. The molecule has 5 heteroatoms. The number of rotatable bonds is 6. The van der Waals surface area contributed by atoms with E-state index in [1.807, 2.05) is 29.5 Å². The second-order valence-electron chi connectivity index (χ2n) is 4.61. The van der Waals surface area contributed by atoms with Crippen LogP contribution in [-0.4, -0.2) is 30.8 Å². The highest BCUT2D eigenvalue weighted by atomic mass is 32.1. The fourth-order valence-corrected chi connectivity index (χ4v) is 2.58. The van der Waals surface area contributed by atoms with E-state index in [0.29, 0.717) is 0 Å². The average Bonchev–Trinajstić information content (AvgIpc) is 2.89. The largest absolute Gasteiger partial charge is 0.299 e. The Labute approximate surface area is 120 Å². The molecule has 0 aliphatic carbocycles. The molecule has 0 N–H and O–H groups in total. The fourth-order valence-electron chi connectivity index (χ4n) is 1.88. The number of halogens is 2. The summed E-state index contributed by atoms with van der Waals surface area (Å²) in [5.41, 5.74) is -0.0608. The summed E-state index contributed by atoms with van der Waals surface area (Å²) in [6.07, 6.45) is 0.855. The van der Waals surface area contributed by atoms with E-state index in [4.69, 9.17) is 0 Å². The van der Waals surface area contributed by atoms with Gasteiger partial charge in [-0.1, -0.05) is 6.07 Å². The Morgan fingerprint density at radius 3 is 2.75 bits per heavy atom. The van der Waals surface area contributed by atoms with Gasteiger partial charge in [-0.05, 0) is 37.0 Å². The summed E-state index contributed by atoms with van der Waals surface area (Å²) < 4.78 is 26.3. The van der Waals surface area contributed by atoms with Crippen molar-refractivity contribution in [3.63, 3.8) is 0 Å². The lowest BCUT2D eigenvalue weighted by atomic mass is 10.1. The van der Waals surface area contributed by atoms with E-state index in [9.17, 15) is 13.6 Å². The van der Waals surface area contributed by atoms with Crippen molar-refractivity contribution >= 4 is 17.1 Å². The fraction of sp³-hybridized carbons (Fsp3) is 0.267. The molecule has 0 saturated heterocycles. The molecule has 0 aliphatic heterocycles. The third-order valence-electron chi connectivity index (χ3n) is 2.97. The SMILES string of the molecule is CN(CCc1cccs1)CC(=O)c1ccc(F)cc1F. The van der Waals surface area contributed by atoms with Crippen molar-refractivity contribution in [2.45, 2.75) is 6.42 Å². The molecular formula is C15H15F2NOS. The third-order valence-corrected chi connectivity index (χ3v) is 3.90. The van der Waals surface area contributed by atoms with Crippen LogP contribution in [0.4, 0.5) is 8.78 Å². The van der Waals surface area contributed by atoms with Gasteiger partial charge in [0.15, 0.2) is 5.78 Å². The molecular weight excluding hydrogens is 280 g/mol. The van der Waals surface area contributed by atoms with Gasteiger partial charge in [0, 0.05) is 17.5 Å². The number of hydrogen-bond acceptors (Lipinski definition) is 3. The lowest BCUT2D eigenvalue weighted by Gasteiger charge is -2.15. The Kier molecular flexibility index (Phi) is 4.98. The van der Waals surface area contributed by atoms with Gasteiger partial charge in [0.2, 0.25) is 0 Å². The molecule has 106 valence electrons. The first-order valence-corrected chi connectivity index (χ1v) is 7.13. The van der Waals surface area contributed by atoms with Crippen LogP contribution in [0, 0.1) is 11.6 Å². The molecule has 0 aliphatic rings. The minimum atomic E-state index is -0.804. The molecule has 1 aromatic heterocycles. The van der Waals surface area contributed by atoms with Crippen LogP contribution in [0.15, 0.2) is 35.7 Å². The maximum atomic E-state index is 13.5. The number of hydrogen-bond donors (Lipinski definition) is 0. The highest BCUT2D eigenvalue weighted by Gasteiger charge is 2.14. The average molecular weight is 295 g/mol. The molecule has 1 aromatic carbocycles. The number of nitrogens with zero attached hydrogens (tertiary/aromatic N) is 1. The van der Waals surface area contributed by atoms with Crippen molar-refractivity contribution in [3.8, 4) is 0 Å². The zero-order valence-electron chi connectivity index (χ0n) is 11.1. The molecule has 0 unspecified atom stereocenters. The molecule has 0 saturated carbocycles. The standard InChI is InChI=1S/C15H15F2NOS/c1-18(7-6-12-3-2-8-20-12)10-15(19)13-5-4-11(16)9-14(13)17/h2-5,8-9H,6-7,10H2,1H3. The maximum absolute atomic E-state index is 13.5. The Bertz CT molecular complexity index is 584. The minimum absolute atomic E-state index is 0.0608. The summed E-state index contributed by atoms with van der Waals surface area (Å²) in [5.74, 6) is -1.82. The zero-order chi connectivity index (χ0) is 14.5. The molecule has 2 aromatic rings. The van der Waals surface area contributed by atoms with Crippen molar-refractivity contribution in [2.24, 2.45) is 0 Å². The molecule has 2 rings (SSSR count). The van der Waals surface area contributed by atoms with Gasteiger partial charge in [0.05, 0.1) is 12.1 Å². The van der Waals surface area contributed by atoms with Crippen molar-refractivity contribution in [2.75, 3.05) is 20.1 Å². The topological polar surface area (TPSA) is 20.3 Å². The highest BCUT2D eigenvalue weighted by molar-refractivity contribution is 7.09. The summed E-state index contributed by atoms with van der Waals surface area (Å²) >= 11 is 1.67. The van der Waals surface area contributed by atoms with Gasteiger partial charge in [-0.25, -0.2) is 8.78 Å². The van der Waals surface area contributed by atoms with Crippen molar-refractivity contribution in [1.29, 1.82) is 0 Å². The molecule has 2 nitrogen and oxygen atoms in total. The molecule has 0 spiro atoms. The number of carbonyl (C=O) groups excluding carboxylic acids is 1. The molecule has 0 atom stereocenters. The van der Waals surface area contributed by atoms with E-state index in [2.05, 4.69) is 0 Å². The van der Waals surface area contributed by atoms with Gasteiger partial charge < -0.3 is 0 Å². The Hall–Kier alpha value is -1.59. The van der Waals surface area contributed by atoms with E-state index in [1.165, 1.54) is 10.9 Å². The van der Waals surface area contributed by atoms with E-state index in [-0.39, 0.29) is 17.9 Å². The van der Waals surface area contributed by atoms with Crippen LogP contribution in [0.25, 0.3) is 0 Å². The van der Waals surface area contributed by atoms with Crippen LogP contribution in [0.1, 0.15) is 15.2 Å². The second kappa shape index (κ2) is 6.72. The molecule has 0 fully saturated rings. The maximum Gasteiger partial charge on any atom is 0.179 e. The Morgan fingerprint density at radius 1 is 1.30 bits per heavy atom. The van der Waals surface area contributed by atoms with Crippen LogP contribution < -0.4 is 0 Å². The summed E-state index contributed by atoms with van der Waals surface area (Å²) in [5, 5.41) is 2.01. The Morgan fingerprint density at radius 2 is 2.10 bits per heavy atom. The van der Waals surface area contributed by atoms with Crippen LogP contribution >= 0.6 is 11.3 Å². The normalized spacial score (nSPS) is 11.0. The van der Waals surface area contributed by atoms with E-state index >= 15 is 0 Å². The summed E-state index contributed by atoms with van der Waals surface area (Å²) in [7, 11) is 1.81. The lowest BCUT2D eigenvalue weighted by molar-refractivity contribution is 0.0943. The van der Waals surface area contributed by atoms with Crippen molar-refractivity contribution in [1.82, 2.24) is 4.90 Å². The van der Waals surface area contributed by atoms with Gasteiger partial charge in [0.25, 0.3) is 0 Å². The summed E-state index contributed by atoms with van der Waals surface area (Å²) in [6.45, 7) is 0.836. The molecule has 20 heavy (non-hydrogen) atoms. The first-order chi connectivity index (χ1) is 9.56. The predicted molar refractivity (Wildman–Crippen MR) is 76.2 cm³/mol. The number of thiophene rings is 1. The number of likely N-dealkylation sites (N-methyl/N-ethyl adjacent to an activating group) is 1. The smallest absolute Gasteiger partial charge is 0.179 e. The zero-order valence-corrected chi connectivity index (χ0v) is 11.9. The molecule has 1 heterocycles. The van der Waals surface area contributed by atoms with Gasteiger partial charge in [-0.3, -0.25) is 9.69 Å². The van der Waals surface area contributed by atoms with Crippen molar-refractivity contribution < 1.29 is 13.6 Å². The number of Topliss-reactive ketones (excluding diaryl/α,β-unsaturated/α-hetero) is 1. The van der Waals surface area contributed by atoms with Crippen LogP contribution in [0.3, 0.4) is 0 Å². The molecule has 0 radical (unpaired) electrons. The minimum Gasteiger partial charge on any atom is -0.299 e. The monoisotopic (exact) mass is 295 g/mol. The van der Waals surface area contributed by atoms with Gasteiger partial charge in [-0.2, -0.15) is 0 Å². The van der Waals surface area contributed by atoms with Gasteiger partial charge in [-0.15, -0.1) is 11.3 Å². The van der Waals surface area contributed by atoms with Gasteiger partial charge >= 0.3 is 0 Å². The van der Waals surface area contributed by atoms with Crippen LogP contribution in [-0.2, 0) is 6.42 Å².